The van der Waals surface area contributed by atoms with Crippen LogP contribution in [0.2, 0.25) is 5.15 Å². The number of carbonyl (C=O) groups excluding carboxylic acids is 1. The van der Waals surface area contributed by atoms with E-state index in [-0.39, 0.29) is 12.5 Å². The summed E-state index contributed by atoms with van der Waals surface area (Å²) in [7, 11) is 1.69. The van der Waals surface area contributed by atoms with Gasteiger partial charge in [-0.25, -0.2) is 4.98 Å². The smallest absolute Gasteiger partial charge is 0.239 e. The predicted octanol–water partition coefficient (Wildman–Crippen LogP) is 1.89. The second kappa shape index (κ2) is 10.1. The second-order valence-electron chi connectivity index (χ2n) is 5.99. The molecule has 6 nitrogen and oxygen atoms in total. The molecule has 0 aliphatic heterocycles. The number of nitrogens with one attached hydrogen (secondary N) is 3. The molecule has 24 heavy (non-hydrogen) atoms. The van der Waals surface area contributed by atoms with Crippen LogP contribution in [0.25, 0.3) is 0 Å². The molecule has 0 saturated heterocycles. The molecule has 1 saturated carbocycles. The van der Waals surface area contributed by atoms with Crippen LogP contribution >= 0.6 is 11.6 Å². The molecule has 1 aliphatic carbocycles. The lowest BCUT2D eigenvalue weighted by atomic mass is 9.95. The minimum Gasteiger partial charge on any atom is -0.356 e. The van der Waals surface area contributed by atoms with Crippen molar-refractivity contribution in [3.63, 3.8) is 0 Å². The number of aromatic nitrogens is 1. The molecule has 1 aliphatic rings. The zero-order chi connectivity index (χ0) is 17.2. The molecule has 3 N–H and O–H groups in total. The van der Waals surface area contributed by atoms with Gasteiger partial charge >= 0.3 is 0 Å². The van der Waals surface area contributed by atoms with Gasteiger partial charge in [0, 0.05) is 25.8 Å². The van der Waals surface area contributed by atoms with Crippen molar-refractivity contribution in [2.24, 2.45) is 4.99 Å². The summed E-state index contributed by atoms with van der Waals surface area (Å²) in [5.41, 5.74) is 1.09. The number of rotatable bonds is 6. The largest absolute Gasteiger partial charge is 0.356 e. The van der Waals surface area contributed by atoms with Gasteiger partial charge in [0.1, 0.15) is 5.15 Å². The molecule has 0 aromatic carbocycles. The Bertz CT molecular complexity index is 540. The Hall–Kier alpha value is -1.82. The molecule has 1 aromatic heterocycles. The minimum atomic E-state index is 0.0201. The van der Waals surface area contributed by atoms with Gasteiger partial charge in [-0.05, 0) is 30.9 Å². The van der Waals surface area contributed by atoms with Crippen molar-refractivity contribution in [2.45, 2.75) is 44.6 Å². The molecule has 0 bridgehead atoms. The molecule has 0 unspecified atom stereocenters. The molecule has 1 heterocycles. The van der Waals surface area contributed by atoms with E-state index in [0.29, 0.717) is 23.7 Å². The summed E-state index contributed by atoms with van der Waals surface area (Å²) in [5.74, 6) is 0.641. The Morgan fingerprint density at radius 1 is 1.29 bits per heavy atom. The van der Waals surface area contributed by atoms with Gasteiger partial charge in [-0.1, -0.05) is 36.9 Å². The van der Waals surface area contributed by atoms with Gasteiger partial charge in [-0.15, -0.1) is 0 Å². The molecule has 1 amide bonds. The van der Waals surface area contributed by atoms with Crippen molar-refractivity contribution < 1.29 is 4.79 Å². The Morgan fingerprint density at radius 3 is 2.75 bits per heavy atom. The zero-order valence-electron chi connectivity index (χ0n) is 14.1. The van der Waals surface area contributed by atoms with Crippen LogP contribution in [-0.4, -0.2) is 43.0 Å². The monoisotopic (exact) mass is 351 g/mol. The molecule has 0 atom stereocenters. The number of guanidine groups is 1. The number of hydrogen-bond acceptors (Lipinski definition) is 3. The molecule has 1 aromatic rings. The SMILES string of the molecule is CN=C(NCCc1ccc(Cl)nc1)NCC(=O)NC1CCCCC1. The third kappa shape index (κ3) is 6.74. The lowest BCUT2D eigenvalue weighted by Crippen LogP contribution is -2.46. The highest BCUT2D eigenvalue weighted by Gasteiger charge is 2.15. The lowest BCUT2D eigenvalue weighted by molar-refractivity contribution is -0.120. The van der Waals surface area contributed by atoms with Gasteiger partial charge in [0.25, 0.3) is 0 Å². The molecule has 0 radical (unpaired) electrons. The fraction of sp³-hybridized carbons (Fsp3) is 0.588. The standard InChI is InChI=1S/C17H26ClN5O/c1-19-17(20-10-9-13-7-8-15(18)21-11-13)22-12-16(24)23-14-5-3-2-4-6-14/h7-8,11,14H,2-6,9-10,12H2,1H3,(H,23,24)(H2,19,20,22). The summed E-state index contributed by atoms with van der Waals surface area (Å²) in [4.78, 5) is 20.2. The molecule has 1 fully saturated rings. The Kier molecular flexibility index (Phi) is 7.82. The molecule has 7 heteroatoms. The van der Waals surface area contributed by atoms with Crippen molar-refractivity contribution in [2.75, 3.05) is 20.1 Å². The normalized spacial score (nSPS) is 15.8. The van der Waals surface area contributed by atoms with Crippen LogP contribution in [0.4, 0.5) is 0 Å². The highest BCUT2D eigenvalue weighted by atomic mass is 35.5. The fourth-order valence-corrected chi connectivity index (χ4v) is 2.90. The van der Waals surface area contributed by atoms with Crippen molar-refractivity contribution in [3.8, 4) is 0 Å². The Balaban J connectivity index is 1.64. The van der Waals surface area contributed by atoms with E-state index in [1.165, 1.54) is 19.3 Å². The third-order valence-corrected chi connectivity index (χ3v) is 4.33. The quantitative estimate of drug-likeness (QED) is 0.415. The van der Waals surface area contributed by atoms with E-state index in [1.807, 2.05) is 6.07 Å². The number of halogens is 1. The minimum absolute atomic E-state index is 0.0201. The highest BCUT2D eigenvalue weighted by Crippen LogP contribution is 2.17. The first-order valence-corrected chi connectivity index (χ1v) is 8.89. The van der Waals surface area contributed by atoms with Gasteiger partial charge in [0.2, 0.25) is 5.91 Å². The summed E-state index contributed by atoms with van der Waals surface area (Å²) in [6.45, 7) is 0.936. The lowest BCUT2D eigenvalue weighted by Gasteiger charge is -2.23. The van der Waals surface area contributed by atoms with Gasteiger partial charge in [-0.2, -0.15) is 0 Å². The molecular weight excluding hydrogens is 326 g/mol. The number of pyridine rings is 1. The maximum absolute atomic E-state index is 12.0. The zero-order valence-corrected chi connectivity index (χ0v) is 14.9. The van der Waals surface area contributed by atoms with E-state index in [0.717, 1.165) is 24.8 Å². The van der Waals surface area contributed by atoms with E-state index >= 15 is 0 Å². The predicted molar refractivity (Wildman–Crippen MR) is 97.3 cm³/mol. The van der Waals surface area contributed by atoms with E-state index in [9.17, 15) is 4.79 Å². The van der Waals surface area contributed by atoms with Gasteiger partial charge in [-0.3, -0.25) is 9.79 Å². The van der Waals surface area contributed by atoms with Crippen molar-refractivity contribution in [1.82, 2.24) is 20.9 Å². The fourth-order valence-electron chi connectivity index (χ4n) is 2.79. The average molecular weight is 352 g/mol. The van der Waals surface area contributed by atoms with E-state index in [1.54, 1.807) is 19.3 Å². The number of aliphatic imine (C=N–C) groups is 1. The van der Waals surface area contributed by atoms with Crippen LogP contribution in [-0.2, 0) is 11.2 Å². The molecule has 2 rings (SSSR count). The van der Waals surface area contributed by atoms with Crippen molar-refractivity contribution in [1.29, 1.82) is 0 Å². The summed E-state index contributed by atoms with van der Waals surface area (Å²) in [5, 5.41) is 9.81. The maximum Gasteiger partial charge on any atom is 0.239 e. The summed E-state index contributed by atoms with van der Waals surface area (Å²) >= 11 is 5.77. The van der Waals surface area contributed by atoms with Crippen molar-refractivity contribution in [3.05, 3.63) is 29.0 Å². The Labute approximate surface area is 148 Å². The molecular formula is C17H26ClN5O. The summed E-state index contributed by atoms with van der Waals surface area (Å²) in [6, 6.07) is 4.06. The van der Waals surface area contributed by atoms with Crippen LogP contribution in [0.1, 0.15) is 37.7 Å². The van der Waals surface area contributed by atoms with Crippen LogP contribution in [0.3, 0.4) is 0 Å². The van der Waals surface area contributed by atoms with Gasteiger partial charge < -0.3 is 16.0 Å². The Morgan fingerprint density at radius 2 is 2.08 bits per heavy atom. The summed E-state index contributed by atoms with van der Waals surface area (Å²) in [6.07, 6.45) is 8.45. The summed E-state index contributed by atoms with van der Waals surface area (Å²) < 4.78 is 0. The van der Waals surface area contributed by atoms with Crippen LogP contribution < -0.4 is 16.0 Å². The van der Waals surface area contributed by atoms with Gasteiger partial charge in [0.05, 0.1) is 6.54 Å². The topological polar surface area (TPSA) is 78.4 Å². The number of carbonyl (C=O) groups is 1. The number of nitrogens with zero attached hydrogens (tertiary/aromatic N) is 2. The highest BCUT2D eigenvalue weighted by molar-refractivity contribution is 6.29. The number of hydrogen-bond donors (Lipinski definition) is 3. The number of amides is 1. The maximum atomic E-state index is 12.0. The molecule has 0 spiro atoms. The van der Waals surface area contributed by atoms with E-state index in [4.69, 9.17) is 11.6 Å². The van der Waals surface area contributed by atoms with Crippen molar-refractivity contribution >= 4 is 23.5 Å². The first-order chi connectivity index (χ1) is 11.7. The van der Waals surface area contributed by atoms with Crippen LogP contribution in [0.15, 0.2) is 23.3 Å². The molecule has 132 valence electrons. The van der Waals surface area contributed by atoms with Crippen LogP contribution in [0, 0.1) is 0 Å². The third-order valence-electron chi connectivity index (χ3n) is 4.11. The van der Waals surface area contributed by atoms with Crippen LogP contribution in [0.5, 0.6) is 0 Å². The van der Waals surface area contributed by atoms with Gasteiger partial charge in [0.15, 0.2) is 5.96 Å². The first-order valence-electron chi connectivity index (χ1n) is 8.51. The second-order valence-corrected chi connectivity index (χ2v) is 6.38. The van der Waals surface area contributed by atoms with E-state index in [2.05, 4.69) is 25.9 Å². The van der Waals surface area contributed by atoms with E-state index < -0.39 is 0 Å². The average Bonchev–Trinajstić information content (AvgIpc) is 2.60. The first kappa shape index (κ1) is 18.5.